The van der Waals surface area contributed by atoms with Gasteiger partial charge in [0.15, 0.2) is 11.5 Å². The van der Waals surface area contributed by atoms with E-state index in [2.05, 4.69) is 15.5 Å². The molecule has 0 bridgehead atoms. The van der Waals surface area contributed by atoms with Crippen molar-refractivity contribution in [3.05, 3.63) is 36.2 Å². The van der Waals surface area contributed by atoms with E-state index in [-0.39, 0.29) is 12.3 Å². The SMILES string of the molecule is CCOc1ccc(NC(=O)Cc2ccn[nH]2)cc1OCC. The Morgan fingerprint density at radius 1 is 1.19 bits per heavy atom. The number of ether oxygens (including phenoxy) is 2. The number of hydrogen-bond donors (Lipinski definition) is 2. The lowest BCUT2D eigenvalue weighted by molar-refractivity contribution is -0.115. The zero-order valence-corrected chi connectivity index (χ0v) is 12.2. The molecule has 0 unspecified atom stereocenters. The fourth-order valence-corrected chi connectivity index (χ4v) is 1.89. The average molecular weight is 289 g/mol. The number of amides is 1. The summed E-state index contributed by atoms with van der Waals surface area (Å²) in [5, 5.41) is 9.39. The Morgan fingerprint density at radius 3 is 2.62 bits per heavy atom. The van der Waals surface area contributed by atoms with E-state index in [1.807, 2.05) is 13.8 Å². The monoisotopic (exact) mass is 289 g/mol. The van der Waals surface area contributed by atoms with Crippen molar-refractivity contribution >= 4 is 11.6 Å². The predicted octanol–water partition coefficient (Wildman–Crippen LogP) is 2.39. The Morgan fingerprint density at radius 2 is 1.95 bits per heavy atom. The second-order valence-electron chi connectivity index (χ2n) is 4.33. The first-order chi connectivity index (χ1) is 10.2. The van der Waals surface area contributed by atoms with Crippen LogP contribution in [0.5, 0.6) is 11.5 Å². The molecule has 0 saturated heterocycles. The summed E-state index contributed by atoms with van der Waals surface area (Å²) in [5.74, 6) is 1.18. The van der Waals surface area contributed by atoms with Crippen LogP contribution < -0.4 is 14.8 Å². The van der Waals surface area contributed by atoms with Crippen molar-refractivity contribution in [2.24, 2.45) is 0 Å². The van der Waals surface area contributed by atoms with Gasteiger partial charge in [0.25, 0.3) is 0 Å². The number of benzene rings is 1. The molecule has 1 aromatic heterocycles. The van der Waals surface area contributed by atoms with Crippen molar-refractivity contribution in [2.75, 3.05) is 18.5 Å². The molecule has 0 aliphatic heterocycles. The van der Waals surface area contributed by atoms with Crippen LogP contribution in [0.1, 0.15) is 19.5 Å². The molecule has 1 amide bonds. The van der Waals surface area contributed by atoms with E-state index in [0.29, 0.717) is 30.4 Å². The molecule has 2 rings (SSSR count). The van der Waals surface area contributed by atoms with Gasteiger partial charge in [-0.1, -0.05) is 0 Å². The van der Waals surface area contributed by atoms with Crippen molar-refractivity contribution in [2.45, 2.75) is 20.3 Å². The van der Waals surface area contributed by atoms with Crippen molar-refractivity contribution in [3.8, 4) is 11.5 Å². The van der Waals surface area contributed by atoms with Crippen LogP contribution >= 0.6 is 0 Å². The summed E-state index contributed by atoms with van der Waals surface area (Å²) >= 11 is 0. The van der Waals surface area contributed by atoms with Gasteiger partial charge in [-0.2, -0.15) is 5.10 Å². The van der Waals surface area contributed by atoms with Gasteiger partial charge in [0, 0.05) is 23.6 Å². The maximum Gasteiger partial charge on any atom is 0.230 e. The third kappa shape index (κ3) is 4.24. The minimum Gasteiger partial charge on any atom is -0.490 e. The molecule has 112 valence electrons. The van der Waals surface area contributed by atoms with Crippen LogP contribution in [0.15, 0.2) is 30.5 Å². The molecule has 0 aliphatic rings. The number of aromatic amines is 1. The summed E-state index contributed by atoms with van der Waals surface area (Å²) in [4.78, 5) is 11.9. The zero-order chi connectivity index (χ0) is 15.1. The van der Waals surface area contributed by atoms with Gasteiger partial charge in [-0.25, -0.2) is 0 Å². The van der Waals surface area contributed by atoms with E-state index in [1.165, 1.54) is 0 Å². The maximum atomic E-state index is 11.9. The molecule has 6 nitrogen and oxygen atoms in total. The highest BCUT2D eigenvalue weighted by molar-refractivity contribution is 5.92. The van der Waals surface area contributed by atoms with Crippen LogP contribution in [-0.4, -0.2) is 29.3 Å². The quantitative estimate of drug-likeness (QED) is 0.820. The predicted molar refractivity (Wildman–Crippen MR) is 79.7 cm³/mol. The number of carbonyl (C=O) groups is 1. The van der Waals surface area contributed by atoms with Gasteiger partial charge in [-0.05, 0) is 32.0 Å². The lowest BCUT2D eigenvalue weighted by atomic mass is 10.2. The lowest BCUT2D eigenvalue weighted by Crippen LogP contribution is -2.14. The molecule has 1 aromatic carbocycles. The fraction of sp³-hybridized carbons (Fsp3) is 0.333. The summed E-state index contributed by atoms with van der Waals surface area (Å²) in [6.45, 7) is 4.91. The molecule has 0 atom stereocenters. The van der Waals surface area contributed by atoms with Gasteiger partial charge in [-0.15, -0.1) is 0 Å². The van der Waals surface area contributed by atoms with E-state index in [1.54, 1.807) is 30.5 Å². The van der Waals surface area contributed by atoms with Gasteiger partial charge in [0.05, 0.1) is 19.6 Å². The number of hydrogen-bond acceptors (Lipinski definition) is 4. The highest BCUT2D eigenvalue weighted by Crippen LogP contribution is 2.30. The average Bonchev–Trinajstić information content (AvgIpc) is 2.95. The van der Waals surface area contributed by atoms with E-state index in [4.69, 9.17) is 9.47 Å². The molecule has 6 heteroatoms. The van der Waals surface area contributed by atoms with Crippen LogP contribution in [0, 0.1) is 0 Å². The maximum absolute atomic E-state index is 11.9. The molecule has 0 spiro atoms. The normalized spacial score (nSPS) is 10.2. The molecular formula is C15H19N3O3. The Bertz CT molecular complexity index is 582. The third-order valence-corrected chi connectivity index (χ3v) is 2.74. The van der Waals surface area contributed by atoms with Crippen LogP contribution in [0.2, 0.25) is 0 Å². The first-order valence-corrected chi connectivity index (χ1v) is 6.90. The second-order valence-corrected chi connectivity index (χ2v) is 4.33. The molecule has 21 heavy (non-hydrogen) atoms. The summed E-state index contributed by atoms with van der Waals surface area (Å²) in [6, 6.07) is 7.11. The Kier molecular flexibility index (Phi) is 5.20. The van der Waals surface area contributed by atoms with Crippen molar-refractivity contribution in [1.29, 1.82) is 0 Å². The van der Waals surface area contributed by atoms with Crippen molar-refractivity contribution in [3.63, 3.8) is 0 Å². The smallest absolute Gasteiger partial charge is 0.230 e. The van der Waals surface area contributed by atoms with Gasteiger partial charge >= 0.3 is 0 Å². The van der Waals surface area contributed by atoms with E-state index in [9.17, 15) is 4.79 Å². The Balaban J connectivity index is 2.05. The highest BCUT2D eigenvalue weighted by Gasteiger charge is 2.09. The first kappa shape index (κ1) is 14.9. The third-order valence-electron chi connectivity index (χ3n) is 2.74. The second kappa shape index (κ2) is 7.33. The molecule has 0 saturated carbocycles. The number of aromatic nitrogens is 2. The number of carbonyl (C=O) groups excluding carboxylic acids is 1. The molecule has 0 aliphatic carbocycles. The number of nitrogens with zero attached hydrogens (tertiary/aromatic N) is 1. The topological polar surface area (TPSA) is 76.2 Å². The van der Waals surface area contributed by atoms with Crippen LogP contribution in [-0.2, 0) is 11.2 Å². The van der Waals surface area contributed by atoms with Crippen LogP contribution in [0.4, 0.5) is 5.69 Å². The molecule has 2 N–H and O–H groups in total. The van der Waals surface area contributed by atoms with Crippen molar-refractivity contribution in [1.82, 2.24) is 10.2 Å². The highest BCUT2D eigenvalue weighted by atomic mass is 16.5. The van der Waals surface area contributed by atoms with Gasteiger partial charge in [0.2, 0.25) is 5.91 Å². The van der Waals surface area contributed by atoms with Gasteiger partial charge in [-0.3, -0.25) is 9.89 Å². The van der Waals surface area contributed by atoms with Crippen molar-refractivity contribution < 1.29 is 14.3 Å². The summed E-state index contributed by atoms with van der Waals surface area (Å²) in [7, 11) is 0. The molecule has 2 aromatic rings. The summed E-state index contributed by atoms with van der Waals surface area (Å²) < 4.78 is 11.0. The standard InChI is InChI=1S/C15H19N3O3/c1-3-20-13-6-5-11(9-14(13)21-4-2)17-15(19)10-12-7-8-16-18-12/h5-9H,3-4,10H2,1-2H3,(H,16,18)(H,17,19). The number of H-pyrrole nitrogens is 1. The number of anilines is 1. The molecule has 0 radical (unpaired) electrons. The molecule has 1 heterocycles. The van der Waals surface area contributed by atoms with Crippen LogP contribution in [0.3, 0.4) is 0 Å². The van der Waals surface area contributed by atoms with Gasteiger partial charge in [0.1, 0.15) is 0 Å². The minimum atomic E-state index is -0.120. The Labute approximate surface area is 123 Å². The number of nitrogens with one attached hydrogen (secondary N) is 2. The Hall–Kier alpha value is -2.50. The minimum absolute atomic E-state index is 0.120. The van der Waals surface area contributed by atoms with E-state index >= 15 is 0 Å². The molecular weight excluding hydrogens is 270 g/mol. The van der Waals surface area contributed by atoms with E-state index in [0.717, 1.165) is 5.69 Å². The van der Waals surface area contributed by atoms with Crippen LogP contribution in [0.25, 0.3) is 0 Å². The summed E-state index contributed by atoms with van der Waals surface area (Å²) in [6.07, 6.45) is 1.86. The summed E-state index contributed by atoms with van der Waals surface area (Å²) in [5.41, 5.74) is 1.44. The first-order valence-electron chi connectivity index (χ1n) is 6.90. The van der Waals surface area contributed by atoms with Gasteiger partial charge < -0.3 is 14.8 Å². The largest absolute Gasteiger partial charge is 0.490 e. The fourth-order valence-electron chi connectivity index (χ4n) is 1.89. The lowest BCUT2D eigenvalue weighted by Gasteiger charge is -2.12. The van der Waals surface area contributed by atoms with E-state index < -0.39 is 0 Å². The molecule has 0 fully saturated rings. The number of rotatable bonds is 7. The zero-order valence-electron chi connectivity index (χ0n) is 12.2.